The minimum atomic E-state index is -0.336. The monoisotopic (exact) mass is 434 g/mol. The zero-order valence-corrected chi connectivity index (χ0v) is 17.0. The van der Waals surface area contributed by atoms with Crippen molar-refractivity contribution in [3.63, 3.8) is 0 Å². The Hall–Kier alpha value is -2.67. The van der Waals surface area contributed by atoms with Crippen molar-refractivity contribution in [3.8, 4) is 23.0 Å². The highest BCUT2D eigenvalue weighted by Gasteiger charge is 2.25. The van der Waals surface area contributed by atoms with E-state index in [4.69, 9.17) is 23.7 Å². The molecule has 0 aliphatic carbocycles. The molecule has 0 saturated heterocycles. The third kappa shape index (κ3) is 3.73. The number of ether oxygens (including phenoxy) is 5. The molecule has 1 aliphatic heterocycles. The van der Waals surface area contributed by atoms with Crippen LogP contribution in [0.2, 0.25) is 0 Å². The predicted molar refractivity (Wildman–Crippen MR) is 104 cm³/mol. The van der Waals surface area contributed by atoms with Crippen molar-refractivity contribution >= 4 is 33.7 Å². The minimum Gasteiger partial charge on any atom is -0.493 e. The Balaban J connectivity index is 2.15. The van der Waals surface area contributed by atoms with Crippen molar-refractivity contribution in [2.75, 3.05) is 28.4 Å². The third-order valence-corrected chi connectivity index (χ3v) is 4.91. The molecule has 27 heavy (non-hydrogen) atoms. The van der Waals surface area contributed by atoms with Crippen LogP contribution < -0.4 is 18.9 Å². The van der Waals surface area contributed by atoms with Crippen LogP contribution in [0.15, 0.2) is 28.7 Å². The van der Waals surface area contributed by atoms with Crippen molar-refractivity contribution in [2.45, 2.75) is 6.42 Å². The number of carbonyl (C=O) groups excluding carboxylic acids is 1. The molecule has 0 amide bonds. The predicted octanol–water partition coefficient (Wildman–Crippen LogP) is 4.08. The number of methoxy groups -OCH3 is 4. The maximum atomic E-state index is 12.1. The summed E-state index contributed by atoms with van der Waals surface area (Å²) in [6, 6.07) is 7.21. The summed E-state index contributed by atoms with van der Waals surface area (Å²) in [5, 5.41) is 0. The van der Waals surface area contributed by atoms with Gasteiger partial charge in [-0.15, -0.1) is 0 Å². The fourth-order valence-electron chi connectivity index (χ4n) is 2.89. The van der Waals surface area contributed by atoms with Crippen molar-refractivity contribution in [3.05, 3.63) is 45.4 Å². The smallest absolute Gasteiger partial charge is 0.315 e. The number of hydrogen-bond acceptors (Lipinski definition) is 6. The van der Waals surface area contributed by atoms with E-state index in [0.717, 1.165) is 21.2 Å². The Morgan fingerprint density at radius 1 is 0.889 bits per heavy atom. The molecule has 0 saturated carbocycles. The molecule has 1 aliphatic rings. The van der Waals surface area contributed by atoms with Gasteiger partial charge >= 0.3 is 5.97 Å². The number of esters is 1. The van der Waals surface area contributed by atoms with Gasteiger partial charge in [-0.2, -0.15) is 0 Å². The lowest BCUT2D eigenvalue weighted by atomic mass is 9.98. The van der Waals surface area contributed by atoms with Crippen LogP contribution in [0.5, 0.6) is 23.0 Å². The largest absolute Gasteiger partial charge is 0.493 e. The quantitative estimate of drug-likeness (QED) is 0.660. The van der Waals surface area contributed by atoms with Gasteiger partial charge in [0.15, 0.2) is 23.0 Å². The molecule has 0 aromatic heterocycles. The summed E-state index contributed by atoms with van der Waals surface area (Å²) in [5.74, 6) is 2.39. The van der Waals surface area contributed by atoms with E-state index in [1.165, 1.54) is 0 Å². The molecule has 6 nitrogen and oxygen atoms in total. The number of rotatable bonds is 5. The Morgan fingerprint density at radius 2 is 1.44 bits per heavy atom. The normalized spacial score (nSPS) is 14.4. The summed E-state index contributed by atoms with van der Waals surface area (Å²) >= 11 is 3.52. The van der Waals surface area contributed by atoms with Crippen LogP contribution in [0.1, 0.15) is 16.7 Å². The van der Waals surface area contributed by atoms with E-state index in [1.54, 1.807) is 58.8 Å². The molecule has 2 aromatic rings. The lowest BCUT2D eigenvalue weighted by Crippen LogP contribution is -2.16. The fraction of sp³-hybridized carbons (Fsp3) is 0.250. The van der Waals surface area contributed by atoms with Crippen molar-refractivity contribution in [2.24, 2.45) is 0 Å². The molecular weight excluding hydrogens is 416 g/mol. The van der Waals surface area contributed by atoms with Crippen LogP contribution in [0, 0.1) is 0 Å². The number of carbonyl (C=O) groups is 1. The average Bonchev–Trinajstić information content (AvgIpc) is 2.67. The Bertz CT molecular complexity index is 919. The molecule has 0 bridgehead atoms. The molecule has 3 rings (SSSR count). The van der Waals surface area contributed by atoms with E-state index in [9.17, 15) is 4.79 Å². The first-order valence-electron chi connectivity index (χ1n) is 8.09. The molecule has 0 unspecified atom stereocenters. The van der Waals surface area contributed by atoms with E-state index < -0.39 is 0 Å². The van der Waals surface area contributed by atoms with Crippen LogP contribution in [-0.2, 0) is 16.0 Å². The van der Waals surface area contributed by atoms with Crippen LogP contribution in [-0.4, -0.2) is 34.4 Å². The van der Waals surface area contributed by atoms with Gasteiger partial charge in [-0.3, -0.25) is 4.79 Å². The number of fused-ring (bicyclic) bond motifs is 1. The van der Waals surface area contributed by atoms with Gasteiger partial charge in [0.2, 0.25) is 0 Å². The van der Waals surface area contributed by atoms with E-state index in [2.05, 4.69) is 15.9 Å². The van der Waals surface area contributed by atoms with Crippen LogP contribution >= 0.6 is 15.9 Å². The van der Waals surface area contributed by atoms with Crippen molar-refractivity contribution in [1.29, 1.82) is 0 Å². The first kappa shape index (κ1) is 19.1. The number of halogens is 1. The SMILES string of the molecule is COc1cc(Br)c(C=C2OC(=O)Cc3cc(OC)c(OC)cc32)cc1OC. The van der Waals surface area contributed by atoms with Gasteiger partial charge in [-0.05, 0) is 41.5 Å². The first-order valence-corrected chi connectivity index (χ1v) is 8.89. The van der Waals surface area contributed by atoms with Gasteiger partial charge in [0, 0.05) is 10.0 Å². The highest BCUT2D eigenvalue weighted by Crippen LogP contribution is 2.39. The van der Waals surface area contributed by atoms with Crippen LogP contribution in [0.4, 0.5) is 0 Å². The maximum Gasteiger partial charge on any atom is 0.315 e. The number of hydrogen-bond donors (Lipinski definition) is 0. The summed E-state index contributed by atoms with van der Waals surface area (Å²) in [7, 11) is 6.26. The number of cyclic esters (lactones) is 1. The zero-order valence-electron chi connectivity index (χ0n) is 15.4. The molecule has 1 heterocycles. The second kappa shape index (κ2) is 7.92. The lowest BCUT2D eigenvalue weighted by molar-refractivity contribution is -0.136. The maximum absolute atomic E-state index is 12.1. The first-order chi connectivity index (χ1) is 13.0. The van der Waals surface area contributed by atoms with Gasteiger partial charge in [-0.25, -0.2) is 0 Å². The van der Waals surface area contributed by atoms with Gasteiger partial charge in [0.1, 0.15) is 5.76 Å². The zero-order chi connectivity index (χ0) is 19.6. The second-order valence-corrected chi connectivity index (χ2v) is 6.61. The standard InChI is InChI=1S/C20H19BrO6/c1-23-16-5-11-8-20(22)27-15(13(11)9-18(16)25-3)6-12-7-17(24-2)19(26-4)10-14(12)21/h5-7,9-10H,8H2,1-4H3. The summed E-state index contributed by atoms with van der Waals surface area (Å²) in [6.07, 6.45) is 1.94. The summed E-state index contributed by atoms with van der Waals surface area (Å²) in [6.45, 7) is 0. The molecule has 0 fully saturated rings. The Labute approximate surface area is 165 Å². The second-order valence-electron chi connectivity index (χ2n) is 5.75. The van der Waals surface area contributed by atoms with Crippen molar-refractivity contribution in [1.82, 2.24) is 0 Å². The minimum absolute atomic E-state index is 0.167. The summed E-state index contributed by atoms with van der Waals surface area (Å²) < 4.78 is 27.7. The molecule has 7 heteroatoms. The van der Waals surface area contributed by atoms with Crippen LogP contribution in [0.3, 0.4) is 0 Å². The summed E-state index contributed by atoms with van der Waals surface area (Å²) in [5.41, 5.74) is 2.36. The molecule has 2 aromatic carbocycles. The van der Waals surface area contributed by atoms with E-state index in [1.807, 2.05) is 0 Å². The molecule has 0 spiro atoms. The topological polar surface area (TPSA) is 63.2 Å². The lowest BCUT2D eigenvalue weighted by Gasteiger charge is -2.21. The Kier molecular flexibility index (Phi) is 5.60. The van der Waals surface area contributed by atoms with E-state index in [0.29, 0.717) is 28.8 Å². The third-order valence-electron chi connectivity index (χ3n) is 4.22. The van der Waals surface area contributed by atoms with Gasteiger partial charge in [0.25, 0.3) is 0 Å². The highest BCUT2D eigenvalue weighted by molar-refractivity contribution is 9.10. The molecule has 0 radical (unpaired) electrons. The molecular formula is C20H19BrO6. The van der Waals surface area contributed by atoms with Gasteiger partial charge < -0.3 is 23.7 Å². The fourth-order valence-corrected chi connectivity index (χ4v) is 3.33. The van der Waals surface area contributed by atoms with Gasteiger partial charge in [-0.1, -0.05) is 15.9 Å². The Morgan fingerprint density at radius 3 is 2.07 bits per heavy atom. The molecule has 0 atom stereocenters. The van der Waals surface area contributed by atoms with E-state index >= 15 is 0 Å². The summed E-state index contributed by atoms with van der Waals surface area (Å²) in [4.78, 5) is 12.1. The van der Waals surface area contributed by atoms with Crippen molar-refractivity contribution < 1.29 is 28.5 Å². The van der Waals surface area contributed by atoms with Gasteiger partial charge in [0.05, 0.1) is 34.9 Å². The van der Waals surface area contributed by atoms with Crippen LogP contribution in [0.25, 0.3) is 11.8 Å². The highest BCUT2D eigenvalue weighted by atomic mass is 79.9. The van der Waals surface area contributed by atoms with E-state index in [-0.39, 0.29) is 12.4 Å². The average molecular weight is 435 g/mol. The number of benzene rings is 2. The molecule has 142 valence electrons. The molecule has 0 N–H and O–H groups in total.